The lowest BCUT2D eigenvalue weighted by molar-refractivity contribution is -0.137. The average Bonchev–Trinajstić information content (AvgIpc) is 3.41. The van der Waals surface area contributed by atoms with Crippen molar-refractivity contribution >= 4 is 34.0 Å². The maximum atomic E-state index is 13.2. The highest BCUT2D eigenvalue weighted by molar-refractivity contribution is 5.94. The summed E-state index contributed by atoms with van der Waals surface area (Å²) in [6, 6.07) is 10.5. The van der Waals surface area contributed by atoms with Gasteiger partial charge in [0.25, 0.3) is 0 Å². The van der Waals surface area contributed by atoms with Gasteiger partial charge in [-0.05, 0) is 18.2 Å². The number of nitrogens with zero attached hydrogens (tertiary/aromatic N) is 6. The second-order valence-electron chi connectivity index (χ2n) is 7.00. The van der Waals surface area contributed by atoms with E-state index < -0.39 is 11.7 Å². The van der Waals surface area contributed by atoms with Crippen LogP contribution in [0.1, 0.15) is 11.1 Å². The number of para-hydroxylation sites is 2. The van der Waals surface area contributed by atoms with Crippen molar-refractivity contribution in [3.05, 3.63) is 60.0 Å². The molecule has 4 heterocycles. The zero-order chi connectivity index (χ0) is 22.5. The fourth-order valence-corrected chi connectivity index (χ4v) is 3.37. The highest BCUT2D eigenvalue weighted by atomic mass is 19.4. The van der Waals surface area contributed by atoms with E-state index in [-0.39, 0.29) is 28.2 Å². The number of rotatable bonds is 3. The van der Waals surface area contributed by atoms with E-state index in [1.165, 1.54) is 12.4 Å². The summed E-state index contributed by atoms with van der Waals surface area (Å²) < 4.78 is 39.6. The Morgan fingerprint density at radius 2 is 1.91 bits per heavy atom. The first kappa shape index (κ1) is 19.5. The van der Waals surface area contributed by atoms with Crippen LogP contribution in [0.3, 0.4) is 0 Å². The fraction of sp³-hybridized carbons (Fsp3) is 0.0952. The second kappa shape index (κ2) is 7.05. The second-order valence-corrected chi connectivity index (χ2v) is 7.00. The Morgan fingerprint density at radius 1 is 1.09 bits per heavy atom. The van der Waals surface area contributed by atoms with Crippen molar-refractivity contribution in [2.45, 2.75) is 6.18 Å². The van der Waals surface area contributed by atoms with Crippen LogP contribution < -0.4 is 4.90 Å². The lowest BCUT2D eigenvalue weighted by atomic mass is 10.1. The SMILES string of the molecule is CN(c1ncc(C#N)c(-c2c[nH]c3ncc(C(F)(F)F)cc23)n1)c1nc2ccccc2[nH]1. The molecule has 0 radical (unpaired) electrons. The first-order valence-corrected chi connectivity index (χ1v) is 9.35. The molecule has 1 aromatic carbocycles. The lowest BCUT2D eigenvalue weighted by Crippen LogP contribution is -2.15. The van der Waals surface area contributed by atoms with E-state index in [1.807, 2.05) is 30.3 Å². The third-order valence-corrected chi connectivity index (χ3v) is 5.00. The van der Waals surface area contributed by atoms with Crippen molar-refractivity contribution in [1.82, 2.24) is 29.9 Å². The van der Waals surface area contributed by atoms with Crippen LogP contribution in [0.2, 0.25) is 0 Å². The molecule has 0 aliphatic heterocycles. The summed E-state index contributed by atoms with van der Waals surface area (Å²) in [4.78, 5) is 24.6. The summed E-state index contributed by atoms with van der Waals surface area (Å²) in [7, 11) is 1.70. The van der Waals surface area contributed by atoms with Gasteiger partial charge < -0.3 is 9.97 Å². The van der Waals surface area contributed by atoms with E-state index in [0.717, 1.165) is 23.3 Å². The van der Waals surface area contributed by atoms with E-state index in [4.69, 9.17) is 0 Å². The zero-order valence-corrected chi connectivity index (χ0v) is 16.4. The van der Waals surface area contributed by atoms with Crippen molar-refractivity contribution in [2.24, 2.45) is 0 Å². The summed E-state index contributed by atoms with van der Waals surface area (Å²) in [6.07, 6.45) is -0.983. The summed E-state index contributed by atoms with van der Waals surface area (Å²) in [5, 5.41) is 9.75. The standard InChI is InChI=1S/C21H13F3N8/c1-32(20-29-15-4-2-3-5-16(15)30-20)19-28-8-11(7-25)17(31-19)14-10-27-18-13(14)6-12(9-26-18)21(22,23)24/h2-6,8-10H,1H3,(H,26,27)(H,29,30). The van der Waals surface area contributed by atoms with Gasteiger partial charge in [0.05, 0.1) is 34.1 Å². The van der Waals surface area contributed by atoms with Gasteiger partial charge in [-0.25, -0.2) is 19.9 Å². The number of alkyl halides is 3. The van der Waals surface area contributed by atoms with Crippen LogP contribution in [0.4, 0.5) is 25.1 Å². The molecule has 0 aliphatic rings. The molecule has 32 heavy (non-hydrogen) atoms. The van der Waals surface area contributed by atoms with Gasteiger partial charge in [0, 0.05) is 30.4 Å². The van der Waals surface area contributed by atoms with Crippen LogP contribution in [0, 0.1) is 11.3 Å². The Balaban J connectivity index is 1.63. The summed E-state index contributed by atoms with van der Waals surface area (Å²) in [5.41, 5.74) is 1.56. The molecular formula is C21H13F3N8. The number of hydrogen-bond donors (Lipinski definition) is 2. The number of benzene rings is 1. The van der Waals surface area contributed by atoms with Gasteiger partial charge in [-0.1, -0.05) is 12.1 Å². The number of hydrogen-bond acceptors (Lipinski definition) is 6. The minimum atomic E-state index is -4.55. The molecule has 0 spiro atoms. The van der Waals surface area contributed by atoms with Crippen LogP contribution in [0.15, 0.2) is 48.9 Å². The predicted molar refractivity (Wildman–Crippen MR) is 111 cm³/mol. The largest absolute Gasteiger partial charge is 0.417 e. The van der Waals surface area contributed by atoms with E-state index >= 15 is 0 Å². The number of halogens is 3. The van der Waals surface area contributed by atoms with Crippen molar-refractivity contribution < 1.29 is 13.2 Å². The first-order valence-electron chi connectivity index (χ1n) is 9.35. The maximum absolute atomic E-state index is 13.2. The molecule has 0 saturated carbocycles. The number of aromatic nitrogens is 6. The Bertz CT molecular complexity index is 1480. The molecule has 0 atom stereocenters. The predicted octanol–water partition coefficient (Wildman–Crippen LogP) is 4.55. The molecule has 0 unspecified atom stereocenters. The smallest absolute Gasteiger partial charge is 0.345 e. The average molecular weight is 434 g/mol. The van der Waals surface area contributed by atoms with Crippen LogP contribution in [0.5, 0.6) is 0 Å². The van der Waals surface area contributed by atoms with Crippen molar-refractivity contribution in [1.29, 1.82) is 5.26 Å². The lowest BCUT2D eigenvalue weighted by Gasteiger charge is -2.15. The Morgan fingerprint density at radius 3 is 2.66 bits per heavy atom. The molecule has 4 aromatic heterocycles. The molecule has 0 fully saturated rings. The Kier molecular flexibility index (Phi) is 4.30. The number of nitriles is 1. The van der Waals surface area contributed by atoms with Crippen LogP contribution in [0.25, 0.3) is 33.3 Å². The van der Waals surface area contributed by atoms with Crippen molar-refractivity contribution in [3.63, 3.8) is 0 Å². The summed E-state index contributed by atoms with van der Waals surface area (Å²) >= 11 is 0. The minimum Gasteiger partial charge on any atom is -0.345 e. The van der Waals surface area contributed by atoms with Gasteiger partial charge in [-0.15, -0.1) is 0 Å². The summed E-state index contributed by atoms with van der Waals surface area (Å²) in [6.45, 7) is 0. The number of imidazole rings is 1. The van der Waals surface area contributed by atoms with Gasteiger partial charge in [-0.3, -0.25) is 4.90 Å². The molecular weight excluding hydrogens is 421 g/mol. The van der Waals surface area contributed by atoms with Crippen molar-refractivity contribution in [3.8, 4) is 17.3 Å². The molecule has 5 aromatic rings. The molecule has 11 heteroatoms. The van der Waals surface area contributed by atoms with Crippen LogP contribution in [-0.4, -0.2) is 37.0 Å². The molecule has 0 bridgehead atoms. The number of fused-ring (bicyclic) bond motifs is 2. The zero-order valence-electron chi connectivity index (χ0n) is 16.4. The van der Waals surface area contributed by atoms with Crippen molar-refractivity contribution in [2.75, 3.05) is 11.9 Å². The Labute approximate surface area is 178 Å². The normalized spacial score (nSPS) is 11.7. The van der Waals surface area contributed by atoms with E-state index in [9.17, 15) is 18.4 Å². The third kappa shape index (κ3) is 3.18. The van der Waals surface area contributed by atoms with Gasteiger partial charge in [0.15, 0.2) is 0 Å². The first-order chi connectivity index (χ1) is 15.3. The number of aromatic amines is 2. The van der Waals surface area contributed by atoms with Crippen LogP contribution >= 0.6 is 0 Å². The quantitative estimate of drug-likeness (QED) is 0.431. The molecule has 5 rings (SSSR count). The molecule has 0 amide bonds. The molecule has 158 valence electrons. The van der Waals surface area contributed by atoms with Gasteiger partial charge in [0.2, 0.25) is 11.9 Å². The van der Waals surface area contributed by atoms with Gasteiger partial charge in [-0.2, -0.15) is 18.4 Å². The van der Waals surface area contributed by atoms with Crippen LogP contribution in [-0.2, 0) is 6.18 Å². The number of anilines is 2. The monoisotopic (exact) mass is 434 g/mol. The van der Waals surface area contributed by atoms with Gasteiger partial charge in [0.1, 0.15) is 11.7 Å². The minimum absolute atomic E-state index is 0.116. The topological polar surface area (TPSA) is 110 Å². The third-order valence-electron chi connectivity index (χ3n) is 5.00. The highest BCUT2D eigenvalue weighted by Gasteiger charge is 2.31. The number of nitrogens with one attached hydrogen (secondary N) is 2. The van der Waals surface area contributed by atoms with E-state index in [1.54, 1.807) is 11.9 Å². The molecule has 8 nitrogen and oxygen atoms in total. The highest BCUT2D eigenvalue weighted by Crippen LogP contribution is 2.35. The Hall–Kier alpha value is -4.46. The molecule has 2 N–H and O–H groups in total. The summed E-state index contributed by atoms with van der Waals surface area (Å²) in [5.74, 6) is 0.689. The molecule has 0 aliphatic carbocycles. The molecule has 0 saturated heterocycles. The van der Waals surface area contributed by atoms with E-state index in [0.29, 0.717) is 11.5 Å². The fourth-order valence-electron chi connectivity index (χ4n) is 3.37. The number of H-pyrrole nitrogens is 2. The number of pyridine rings is 1. The maximum Gasteiger partial charge on any atom is 0.417 e. The van der Waals surface area contributed by atoms with E-state index in [2.05, 4.69) is 29.9 Å². The van der Waals surface area contributed by atoms with Gasteiger partial charge >= 0.3 is 6.18 Å².